The normalized spacial score (nSPS) is 11.2. The third kappa shape index (κ3) is 2.98. The molecule has 0 atom stereocenters. The summed E-state index contributed by atoms with van der Waals surface area (Å²) in [6, 6.07) is 0.750. The lowest BCUT2D eigenvalue weighted by Crippen LogP contribution is -2.04. The highest BCUT2D eigenvalue weighted by molar-refractivity contribution is 6.40. The molecule has 0 radical (unpaired) electrons. The highest BCUT2D eigenvalue weighted by Crippen LogP contribution is 2.29. The van der Waals surface area contributed by atoms with E-state index in [1.165, 1.54) is 10.9 Å². The molecule has 110 valence electrons. The Labute approximate surface area is 128 Å². The van der Waals surface area contributed by atoms with E-state index in [2.05, 4.69) is 10.1 Å². The highest BCUT2D eigenvalue weighted by Gasteiger charge is 2.18. The summed E-state index contributed by atoms with van der Waals surface area (Å²) >= 11 is 11.7. The zero-order chi connectivity index (χ0) is 15.7. The van der Waals surface area contributed by atoms with Crippen LogP contribution in [0.4, 0.5) is 10.3 Å². The van der Waals surface area contributed by atoms with Crippen molar-refractivity contribution in [2.75, 3.05) is 5.73 Å². The maximum Gasteiger partial charge on any atom is 0.337 e. The van der Waals surface area contributed by atoms with Crippen LogP contribution in [-0.2, 0) is 0 Å². The second-order valence-electron chi connectivity index (χ2n) is 4.08. The molecule has 0 aliphatic carbocycles. The number of aryl methyl sites for hydroxylation is 1. The first-order valence-electron chi connectivity index (χ1n) is 5.58. The standard InChI is InChI=1S/C12H9Cl2FN4O2/c1-5-4-19(12(16)18-5)17-3-7-9(13)6(11(20)21)2-8(15)10(7)14/h2-4H,1H3,(H2,16,18)(H,20,21). The van der Waals surface area contributed by atoms with Gasteiger partial charge in [-0.15, -0.1) is 0 Å². The molecule has 9 heteroatoms. The zero-order valence-electron chi connectivity index (χ0n) is 10.6. The van der Waals surface area contributed by atoms with E-state index < -0.39 is 17.3 Å². The molecule has 0 saturated heterocycles. The summed E-state index contributed by atoms with van der Waals surface area (Å²) in [6.45, 7) is 1.72. The van der Waals surface area contributed by atoms with Gasteiger partial charge in [0.25, 0.3) is 0 Å². The number of imidazole rings is 1. The smallest absolute Gasteiger partial charge is 0.337 e. The maximum absolute atomic E-state index is 13.6. The number of aromatic nitrogens is 2. The van der Waals surface area contributed by atoms with Crippen molar-refractivity contribution in [3.05, 3.63) is 44.9 Å². The molecule has 0 bridgehead atoms. The van der Waals surface area contributed by atoms with Crippen molar-refractivity contribution in [2.24, 2.45) is 5.10 Å². The van der Waals surface area contributed by atoms with Gasteiger partial charge in [0.1, 0.15) is 5.82 Å². The van der Waals surface area contributed by atoms with E-state index in [0.717, 1.165) is 12.3 Å². The lowest BCUT2D eigenvalue weighted by atomic mass is 10.1. The van der Waals surface area contributed by atoms with E-state index in [1.807, 2.05) is 0 Å². The van der Waals surface area contributed by atoms with E-state index in [0.29, 0.717) is 5.69 Å². The number of nitrogens with two attached hydrogens (primary N) is 1. The topological polar surface area (TPSA) is 93.5 Å². The third-order valence-electron chi connectivity index (χ3n) is 2.57. The molecular weight excluding hydrogens is 322 g/mol. The first kappa shape index (κ1) is 15.3. The van der Waals surface area contributed by atoms with Crippen LogP contribution in [0, 0.1) is 12.7 Å². The number of nitrogens with zero attached hydrogens (tertiary/aromatic N) is 3. The van der Waals surface area contributed by atoms with Crippen molar-refractivity contribution in [3.63, 3.8) is 0 Å². The van der Waals surface area contributed by atoms with Gasteiger partial charge in [0.05, 0.1) is 33.7 Å². The summed E-state index contributed by atoms with van der Waals surface area (Å²) in [5.74, 6) is -2.16. The minimum absolute atomic E-state index is 0.0542. The van der Waals surface area contributed by atoms with Gasteiger partial charge in [0.15, 0.2) is 0 Å². The molecule has 2 aromatic rings. The maximum atomic E-state index is 13.6. The van der Waals surface area contributed by atoms with Gasteiger partial charge in [-0.2, -0.15) is 5.10 Å². The number of hydrogen-bond donors (Lipinski definition) is 2. The van der Waals surface area contributed by atoms with E-state index in [9.17, 15) is 9.18 Å². The second-order valence-corrected chi connectivity index (χ2v) is 4.84. The number of nitrogen functional groups attached to an aromatic ring is 1. The minimum atomic E-state index is -1.37. The van der Waals surface area contributed by atoms with Gasteiger partial charge in [0.2, 0.25) is 5.95 Å². The molecule has 2 rings (SSSR count). The summed E-state index contributed by atoms with van der Waals surface area (Å²) in [6.07, 6.45) is 2.66. The monoisotopic (exact) mass is 330 g/mol. The fourth-order valence-corrected chi connectivity index (χ4v) is 2.13. The number of anilines is 1. The number of rotatable bonds is 3. The number of carboxylic acids is 1. The van der Waals surface area contributed by atoms with Crippen LogP contribution < -0.4 is 5.73 Å². The van der Waals surface area contributed by atoms with E-state index in [1.54, 1.807) is 6.92 Å². The predicted molar refractivity (Wildman–Crippen MR) is 77.7 cm³/mol. The molecule has 0 aliphatic rings. The van der Waals surface area contributed by atoms with E-state index in [-0.39, 0.29) is 21.6 Å². The van der Waals surface area contributed by atoms with Gasteiger partial charge >= 0.3 is 5.97 Å². The van der Waals surface area contributed by atoms with Crippen LogP contribution in [0.3, 0.4) is 0 Å². The summed E-state index contributed by atoms with van der Waals surface area (Å²) in [4.78, 5) is 14.9. The van der Waals surface area contributed by atoms with Crippen molar-refractivity contribution >= 4 is 41.3 Å². The molecular formula is C12H9Cl2FN4O2. The van der Waals surface area contributed by atoms with Gasteiger partial charge in [-0.1, -0.05) is 23.2 Å². The average molecular weight is 331 g/mol. The van der Waals surface area contributed by atoms with Crippen LogP contribution in [0.1, 0.15) is 21.6 Å². The summed E-state index contributed by atoms with van der Waals surface area (Å²) in [5, 5.41) is 12.4. The van der Waals surface area contributed by atoms with Crippen molar-refractivity contribution in [2.45, 2.75) is 6.92 Å². The Bertz CT molecular complexity index is 758. The molecule has 0 spiro atoms. The SMILES string of the molecule is Cc1cn(N=Cc2c(Cl)c(F)cc(C(=O)O)c2Cl)c(N)n1. The fourth-order valence-electron chi connectivity index (χ4n) is 1.61. The number of carboxylic acid groups (broad SMARTS) is 1. The highest BCUT2D eigenvalue weighted by atomic mass is 35.5. The molecule has 0 unspecified atom stereocenters. The second kappa shape index (κ2) is 5.71. The Morgan fingerprint density at radius 2 is 2.19 bits per heavy atom. The van der Waals surface area contributed by atoms with Gasteiger partial charge in [-0.05, 0) is 13.0 Å². The van der Waals surface area contributed by atoms with Crippen LogP contribution in [0.5, 0.6) is 0 Å². The molecule has 1 aromatic heterocycles. The number of carbonyl (C=O) groups is 1. The summed E-state index contributed by atoms with van der Waals surface area (Å²) in [5.41, 5.74) is 5.76. The van der Waals surface area contributed by atoms with Crippen molar-refractivity contribution < 1.29 is 14.3 Å². The molecule has 0 amide bonds. The van der Waals surface area contributed by atoms with Crippen molar-refractivity contribution in [3.8, 4) is 0 Å². The summed E-state index contributed by atoms with van der Waals surface area (Å²) in [7, 11) is 0. The Kier molecular flexibility index (Phi) is 4.15. The number of aromatic carboxylic acids is 1. The molecule has 1 heterocycles. The molecule has 6 nitrogen and oxygen atoms in total. The van der Waals surface area contributed by atoms with Gasteiger partial charge in [0, 0.05) is 5.56 Å². The average Bonchev–Trinajstić information content (AvgIpc) is 2.72. The quantitative estimate of drug-likeness (QED) is 0.668. The fraction of sp³-hybridized carbons (Fsp3) is 0.0833. The van der Waals surface area contributed by atoms with E-state index in [4.69, 9.17) is 34.0 Å². The summed E-state index contributed by atoms with van der Waals surface area (Å²) < 4.78 is 14.9. The number of hydrogen-bond acceptors (Lipinski definition) is 4. The van der Waals surface area contributed by atoms with Crippen molar-refractivity contribution in [1.82, 2.24) is 9.66 Å². The predicted octanol–water partition coefficient (Wildman–Crippen LogP) is 2.80. The Morgan fingerprint density at radius 1 is 1.52 bits per heavy atom. The number of halogens is 3. The largest absolute Gasteiger partial charge is 0.478 e. The Balaban J connectivity index is 2.53. The van der Waals surface area contributed by atoms with Crippen molar-refractivity contribution in [1.29, 1.82) is 0 Å². The van der Waals surface area contributed by atoms with E-state index >= 15 is 0 Å². The lowest BCUT2D eigenvalue weighted by Gasteiger charge is -2.06. The molecule has 0 aliphatic heterocycles. The molecule has 0 fully saturated rings. The van der Waals surface area contributed by atoms with Crippen LogP contribution in [-0.4, -0.2) is 27.0 Å². The Morgan fingerprint density at radius 3 is 2.71 bits per heavy atom. The number of benzene rings is 1. The van der Waals surface area contributed by atoms with Gasteiger partial charge < -0.3 is 10.8 Å². The Hall–Kier alpha value is -2.12. The zero-order valence-corrected chi connectivity index (χ0v) is 12.2. The third-order valence-corrected chi connectivity index (χ3v) is 3.36. The van der Waals surface area contributed by atoms with Gasteiger partial charge in [-0.25, -0.2) is 18.8 Å². The molecule has 1 aromatic carbocycles. The van der Waals surface area contributed by atoms with Crippen LogP contribution in [0.2, 0.25) is 10.0 Å². The first-order chi connectivity index (χ1) is 9.81. The van der Waals surface area contributed by atoms with Crippen LogP contribution >= 0.6 is 23.2 Å². The first-order valence-corrected chi connectivity index (χ1v) is 6.33. The molecule has 3 N–H and O–H groups in total. The lowest BCUT2D eigenvalue weighted by molar-refractivity contribution is 0.0696. The molecule has 21 heavy (non-hydrogen) atoms. The van der Waals surface area contributed by atoms with Crippen LogP contribution in [0.25, 0.3) is 0 Å². The van der Waals surface area contributed by atoms with Crippen LogP contribution in [0.15, 0.2) is 17.4 Å². The minimum Gasteiger partial charge on any atom is -0.478 e. The van der Waals surface area contributed by atoms with Gasteiger partial charge in [-0.3, -0.25) is 0 Å². The molecule has 0 saturated carbocycles.